The first-order valence-electron chi connectivity index (χ1n) is 10.8. The molecule has 2 aromatic rings. The Balaban J connectivity index is 1.61. The smallest absolute Gasteiger partial charge is 0.224 e. The van der Waals surface area contributed by atoms with Crippen LogP contribution in [0.4, 0.5) is 10.1 Å². The summed E-state index contributed by atoms with van der Waals surface area (Å²) in [6.07, 6.45) is 0.186. The number of anilines is 1. The van der Waals surface area contributed by atoms with Gasteiger partial charge in [0.2, 0.25) is 5.91 Å². The number of carbonyl (C=O) groups is 1. The number of amides is 1. The molecular formula is C23H27FN4O2S. The number of aryl methyl sites for hydroxylation is 1. The molecule has 2 fully saturated rings. The van der Waals surface area contributed by atoms with Crippen molar-refractivity contribution in [2.75, 3.05) is 37.7 Å². The minimum atomic E-state index is -0.995. The Morgan fingerprint density at radius 3 is 2.77 bits per heavy atom. The fraction of sp³-hybridized carbons (Fsp3) is 0.522. The van der Waals surface area contributed by atoms with Crippen molar-refractivity contribution in [3.05, 3.63) is 35.0 Å². The minimum Gasteiger partial charge on any atom is -0.378 e. The summed E-state index contributed by atoms with van der Waals surface area (Å²) in [7, 11) is 0. The van der Waals surface area contributed by atoms with E-state index < -0.39 is 12.1 Å². The zero-order valence-electron chi connectivity index (χ0n) is 17.6. The number of nitrogens with one attached hydrogen (secondary N) is 1. The summed E-state index contributed by atoms with van der Waals surface area (Å²) in [6.45, 7) is 5.15. The van der Waals surface area contributed by atoms with E-state index in [2.05, 4.69) is 34.5 Å². The van der Waals surface area contributed by atoms with Gasteiger partial charge in [0, 0.05) is 30.6 Å². The molecule has 6 nitrogen and oxygen atoms in total. The van der Waals surface area contributed by atoms with E-state index in [9.17, 15) is 9.18 Å². The second kappa shape index (κ2) is 9.75. The number of alkyl halides is 1. The molecule has 1 N–H and O–H groups in total. The van der Waals surface area contributed by atoms with Gasteiger partial charge in [0.1, 0.15) is 12.7 Å². The average Bonchev–Trinajstić information content (AvgIpc) is 3.19. The molecule has 31 heavy (non-hydrogen) atoms. The molecule has 1 aromatic carbocycles. The molecule has 1 aliphatic carbocycles. The number of benzene rings is 1. The Bertz CT molecular complexity index is 949. The quantitative estimate of drug-likeness (QED) is 0.713. The van der Waals surface area contributed by atoms with Crippen LogP contribution in [0.5, 0.6) is 0 Å². The van der Waals surface area contributed by atoms with Crippen LogP contribution in [0.25, 0.3) is 10.4 Å². The van der Waals surface area contributed by atoms with Crippen LogP contribution in [0.1, 0.15) is 35.9 Å². The molecule has 1 amide bonds. The highest BCUT2D eigenvalue weighted by atomic mass is 32.1. The fourth-order valence-corrected chi connectivity index (χ4v) is 5.54. The third kappa shape index (κ3) is 4.89. The van der Waals surface area contributed by atoms with Crippen molar-refractivity contribution in [2.45, 2.75) is 38.3 Å². The van der Waals surface area contributed by atoms with E-state index in [-0.39, 0.29) is 24.8 Å². The molecule has 1 saturated carbocycles. The third-order valence-corrected chi connectivity index (χ3v) is 7.12. The van der Waals surface area contributed by atoms with Crippen LogP contribution >= 0.6 is 11.3 Å². The third-order valence-electron chi connectivity index (χ3n) is 6.08. The van der Waals surface area contributed by atoms with Crippen LogP contribution in [0.2, 0.25) is 0 Å². The van der Waals surface area contributed by atoms with Crippen molar-refractivity contribution in [1.29, 1.82) is 5.26 Å². The molecule has 4 rings (SSSR count). The Kier molecular flexibility index (Phi) is 6.83. The van der Waals surface area contributed by atoms with Crippen LogP contribution in [0, 0.1) is 24.2 Å². The molecule has 2 aliphatic rings. The normalized spacial score (nSPS) is 23.9. The Hall–Kier alpha value is -2.50. The zero-order valence-corrected chi connectivity index (χ0v) is 18.5. The van der Waals surface area contributed by atoms with Gasteiger partial charge in [0.15, 0.2) is 0 Å². The highest BCUT2D eigenvalue weighted by Gasteiger charge is 2.38. The SMILES string of the molecule is Cc1nc([C@@H]2CC[C@H](F)CC2C(=O)NCC#N)c(-c2ccc(N3CCOCC3)cc2)s1. The number of ether oxygens (including phenoxy) is 1. The van der Waals surface area contributed by atoms with Crippen molar-refractivity contribution in [3.63, 3.8) is 0 Å². The highest BCUT2D eigenvalue weighted by Crippen LogP contribution is 2.44. The Morgan fingerprint density at radius 1 is 1.32 bits per heavy atom. The number of thiazole rings is 1. The Morgan fingerprint density at radius 2 is 2.06 bits per heavy atom. The largest absolute Gasteiger partial charge is 0.378 e. The monoisotopic (exact) mass is 442 g/mol. The van der Waals surface area contributed by atoms with E-state index in [1.54, 1.807) is 11.3 Å². The molecular weight excluding hydrogens is 415 g/mol. The van der Waals surface area contributed by atoms with E-state index in [0.29, 0.717) is 12.8 Å². The highest BCUT2D eigenvalue weighted by molar-refractivity contribution is 7.15. The number of hydrogen-bond acceptors (Lipinski definition) is 6. The van der Waals surface area contributed by atoms with Crippen molar-refractivity contribution in [1.82, 2.24) is 10.3 Å². The fourth-order valence-electron chi connectivity index (χ4n) is 4.54. The summed E-state index contributed by atoms with van der Waals surface area (Å²) in [5, 5.41) is 12.4. The van der Waals surface area contributed by atoms with Crippen molar-refractivity contribution < 1.29 is 13.9 Å². The topological polar surface area (TPSA) is 78.2 Å². The van der Waals surface area contributed by atoms with Gasteiger partial charge in [-0.2, -0.15) is 5.26 Å². The van der Waals surface area contributed by atoms with Gasteiger partial charge in [-0.05, 0) is 43.9 Å². The maximum absolute atomic E-state index is 14.2. The van der Waals surface area contributed by atoms with Gasteiger partial charge in [-0.1, -0.05) is 12.1 Å². The van der Waals surface area contributed by atoms with Gasteiger partial charge in [-0.15, -0.1) is 11.3 Å². The van der Waals surface area contributed by atoms with Crippen LogP contribution < -0.4 is 10.2 Å². The molecule has 1 aromatic heterocycles. The lowest BCUT2D eigenvalue weighted by Gasteiger charge is -2.32. The predicted octanol–water partition coefficient (Wildman–Crippen LogP) is 3.82. The van der Waals surface area contributed by atoms with E-state index in [4.69, 9.17) is 15.0 Å². The lowest BCUT2D eigenvalue weighted by atomic mass is 9.75. The maximum Gasteiger partial charge on any atom is 0.224 e. The molecule has 2 heterocycles. The van der Waals surface area contributed by atoms with Gasteiger partial charge in [0.05, 0.1) is 34.9 Å². The van der Waals surface area contributed by atoms with Gasteiger partial charge in [-0.3, -0.25) is 4.79 Å². The molecule has 1 aliphatic heterocycles. The molecule has 8 heteroatoms. The summed E-state index contributed by atoms with van der Waals surface area (Å²) in [4.78, 5) is 20.8. The number of morpholine rings is 1. The number of aromatic nitrogens is 1. The lowest BCUT2D eigenvalue weighted by molar-refractivity contribution is -0.127. The molecule has 0 bridgehead atoms. The number of nitriles is 1. The van der Waals surface area contributed by atoms with Crippen molar-refractivity contribution in [3.8, 4) is 16.5 Å². The minimum absolute atomic E-state index is 0.0645. The molecule has 0 spiro atoms. The molecule has 3 atom stereocenters. The maximum atomic E-state index is 14.2. The molecule has 0 radical (unpaired) electrons. The summed E-state index contributed by atoms with van der Waals surface area (Å²) in [5.41, 5.74) is 3.11. The molecule has 1 saturated heterocycles. The van der Waals surface area contributed by atoms with Crippen molar-refractivity contribution >= 4 is 22.9 Å². The first kappa shape index (κ1) is 21.7. The number of hydrogen-bond donors (Lipinski definition) is 1. The first-order valence-corrected chi connectivity index (χ1v) is 11.6. The second-order valence-corrected chi connectivity index (χ2v) is 9.30. The van der Waals surface area contributed by atoms with E-state index in [1.165, 1.54) is 5.69 Å². The van der Waals surface area contributed by atoms with Crippen LogP contribution in [-0.4, -0.2) is 49.9 Å². The van der Waals surface area contributed by atoms with Crippen LogP contribution in [0.3, 0.4) is 0 Å². The summed E-state index contributed by atoms with van der Waals surface area (Å²) in [6, 6.07) is 10.4. The zero-order chi connectivity index (χ0) is 21.8. The number of carbonyl (C=O) groups excluding carboxylic acids is 1. The predicted molar refractivity (Wildman–Crippen MR) is 119 cm³/mol. The van der Waals surface area contributed by atoms with Gasteiger partial charge in [0.25, 0.3) is 0 Å². The number of nitrogens with zero attached hydrogens (tertiary/aromatic N) is 3. The van der Waals surface area contributed by atoms with E-state index in [0.717, 1.165) is 47.4 Å². The van der Waals surface area contributed by atoms with Gasteiger partial charge >= 0.3 is 0 Å². The number of halogens is 1. The average molecular weight is 443 g/mol. The van der Waals surface area contributed by atoms with Crippen LogP contribution in [-0.2, 0) is 9.53 Å². The van der Waals surface area contributed by atoms with Crippen LogP contribution in [0.15, 0.2) is 24.3 Å². The number of rotatable bonds is 5. The second-order valence-electron chi connectivity index (χ2n) is 8.09. The standard InChI is InChI=1S/C23H27FN4O2S/c1-15-27-21(19-7-4-17(24)14-20(19)23(29)26-9-8-25)22(31-15)16-2-5-18(6-3-16)28-10-12-30-13-11-28/h2-3,5-6,17,19-20H,4,7,9-14H2,1H3,(H,26,29)/t17-,19+,20?/m0/s1. The molecule has 1 unspecified atom stereocenters. The summed E-state index contributed by atoms with van der Waals surface area (Å²) in [5.74, 6) is -0.914. The van der Waals surface area contributed by atoms with Gasteiger partial charge < -0.3 is 15.0 Å². The summed E-state index contributed by atoms with van der Waals surface area (Å²) < 4.78 is 19.6. The molecule has 164 valence electrons. The lowest BCUT2D eigenvalue weighted by Crippen LogP contribution is -2.38. The van der Waals surface area contributed by atoms with Gasteiger partial charge in [-0.25, -0.2) is 9.37 Å². The van der Waals surface area contributed by atoms with E-state index >= 15 is 0 Å². The first-order chi connectivity index (χ1) is 15.1. The van der Waals surface area contributed by atoms with Crippen molar-refractivity contribution in [2.24, 2.45) is 5.92 Å². The Labute approximate surface area is 186 Å². The summed E-state index contributed by atoms with van der Waals surface area (Å²) >= 11 is 1.61. The van der Waals surface area contributed by atoms with E-state index in [1.807, 2.05) is 13.0 Å².